The molecule has 0 fully saturated rings. The van der Waals surface area contributed by atoms with E-state index in [2.05, 4.69) is 20.9 Å². The van der Waals surface area contributed by atoms with E-state index in [1.54, 1.807) is 0 Å². The van der Waals surface area contributed by atoms with Crippen LogP contribution < -0.4 is 16.0 Å². The number of rotatable bonds is 7. The summed E-state index contributed by atoms with van der Waals surface area (Å²) >= 11 is 0. The molecule has 0 spiro atoms. The quantitative estimate of drug-likeness (QED) is 0.510. The van der Waals surface area contributed by atoms with Crippen molar-refractivity contribution < 1.29 is 9.00 Å². The van der Waals surface area contributed by atoms with Gasteiger partial charge in [-0.25, -0.2) is 4.99 Å². The van der Waals surface area contributed by atoms with Crippen LogP contribution >= 0.6 is 0 Å². The molecule has 3 N–H and O–H groups in total. The molecule has 0 heterocycles. The Morgan fingerprint density at radius 1 is 1.17 bits per heavy atom. The van der Waals surface area contributed by atoms with Crippen molar-refractivity contribution in [1.82, 2.24) is 16.0 Å². The van der Waals surface area contributed by atoms with E-state index in [1.165, 1.54) is 0 Å². The average molecular weight is 353 g/mol. The average Bonchev–Trinajstić information content (AvgIpc) is 2.51. The number of benzene rings is 1. The summed E-state index contributed by atoms with van der Waals surface area (Å²) in [6, 6.07) is 9.36. The molecule has 1 rings (SSSR count). The normalized spacial score (nSPS) is 13.2. The second-order valence-electron chi connectivity index (χ2n) is 6.28. The molecule has 134 valence electrons. The van der Waals surface area contributed by atoms with Gasteiger partial charge >= 0.3 is 0 Å². The molecule has 1 atom stereocenters. The largest absolute Gasteiger partial charge is 0.357 e. The number of carbonyl (C=O) groups is 1. The van der Waals surface area contributed by atoms with Crippen molar-refractivity contribution in [2.45, 2.75) is 38.1 Å². The van der Waals surface area contributed by atoms with Crippen molar-refractivity contribution in [2.24, 2.45) is 4.99 Å². The monoisotopic (exact) mass is 352 g/mol. The molecule has 1 unspecified atom stereocenters. The molecule has 24 heavy (non-hydrogen) atoms. The van der Waals surface area contributed by atoms with Crippen LogP contribution in [0, 0.1) is 0 Å². The van der Waals surface area contributed by atoms with E-state index in [0.29, 0.717) is 24.8 Å². The summed E-state index contributed by atoms with van der Waals surface area (Å²) in [6.07, 6.45) is 0. The Hall–Kier alpha value is -1.89. The van der Waals surface area contributed by atoms with Gasteiger partial charge in [-0.2, -0.15) is 0 Å². The number of carbonyl (C=O) groups excluding carboxylic acids is 1. The van der Waals surface area contributed by atoms with Crippen LogP contribution in [0.3, 0.4) is 0 Å². The van der Waals surface area contributed by atoms with Crippen molar-refractivity contribution in [3.63, 3.8) is 0 Å². The molecule has 1 aromatic rings. The lowest BCUT2D eigenvalue weighted by atomic mass is 10.1. The van der Waals surface area contributed by atoms with Gasteiger partial charge in [0.15, 0.2) is 5.96 Å². The Labute approximate surface area is 147 Å². The van der Waals surface area contributed by atoms with Gasteiger partial charge in [-0.05, 0) is 39.8 Å². The van der Waals surface area contributed by atoms with Crippen molar-refractivity contribution in [3.8, 4) is 0 Å². The van der Waals surface area contributed by atoms with Gasteiger partial charge in [0.25, 0.3) is 0 Å². The molecule has 0 saturated carbocycles. The fourth-order valence-electron chi connectivity index (χ4n) is 1.90. The molecular weight excluding hydrogens is 324 g/mol. The number of amides is 1. The van der Waals surface area contributed by atoms with Gasteiger partial charge in [0.1, 0.15) is 6.54 Å². The van der Waals surface area contributed by atoms with Gasteiger partial charge in [0, 0.05) is 29.3 Å². The molecule has 0 radical (unpaired) electrons. The molecule has 0 aromatic heterocycles. The summed E-state index contributed by atoms with van der Waals surface area (Å²) in [6.45, 7) is 8.98. The summed E-state index contributed by atoms with van der Waals surface area (Å²) < 4.78 is 12.2. The van der Waals surface area contributed by atoms with Crippen LogP contribution in [0.4, 0.5) is 0 Å². The minimum atomic E-state index is -1.05. The van der Waals surface area contributed by atoms with Gasteiger partial charge in [0.2, 0.25) is 5.91 Å². The van der Waals surface area contributed by atoms with Crippen molar-refractivity contribution >= 4 is 22.7 Å². The van der Waals surface area contributed by atoms with E-state index in [-0.39, 0.29) is 18.0 Å². The van der Waals surface area contributed by atoms with E-state index in [0.717, 1.165) is 4.90 Å². The molecule has 0 saturated heterocycles. The summed E-state index contributed by atoms with van der Waals surface area (Å²) in [5.74, 6) is 0.891. The number of nitrogens with one attached hydrogen (secondary N) is 3. The van der Waals surface area contributed by atoms with Gasteiger partial charge in [-0.15, -0.1) is 0 Å². The summed E-state index contributed by atoms with van der Waals surface area (Å²) in [7, 11) is -1.05. The number of hydrogen-bond donors (Lipinski definition) is 3. The second kappa shape index (κ2) is 10.1. The van der Waals surface area contributed by atoms with Crippen LogP contribution in [0.5, 0.6) is 0 Å². The molecule has 0 bridgehead atoms. The fourth-order valence-corrected chi connectivity index (χ4v) is 2.89. The zero-order valence-electron chi connectivity index (χ0n) is 14.9. The van der Waals surface area contributed by atoms with Gasteiger partial charge in [0.05, 0.1) is 10.8 Å². The highest BCUT2D eigenvalue weighted by atomic mass is 32.2. The molecule has 6 nitrogen and oxygen atoms in total. The Kier molecular flexibility index (Phi) is 8.46. The lowest BCUT2D eigenvalue weighted by molar-refractivity contribution is -0.121. The summed E-state index contributed by atoms with van der Waals surface area (Å²) in [5.41, 5.74) is -0.273. The summed E-state index contributed by atoms with van der Waals surface area (Å²) in [5, 5.41) is 9.04. The smallest absolute Gasteiger partial charge is 0.242 e. The van der Waals surface area contributed by atoms with Crippen LogP contribution in [-0.2, 0) is 15.6 Å². The lowest BCUT2D eigenvalue weighted by Gasteiger charge is -2.20. The second-order valence-corrected chi connectivity index (χ2v) is 7.85. The zero-order chi connectivity index (χ0) is 18.0. The highest BCUT2D eigenvalue weighted by molar-refractivity contribution is 7.85. The van der Waals surface area contributed by atoms with Crippen LogP contribution in [0.2, 0.25) is 0 Å². The third kappa shape index (κ3) is 8.67. The third-order valence-electron chi connectivity index (χ3n) is 2.83. The first-order valence-corrected chi connectivity index (χ1v) is 9.40. The minimum Gasteiger partial charge on any atom is -0.357 e. The first kappa shape index (κ1) is 20.2. The molecular formula is C17H28N4O2S. The van der Waals surface area contributed by atoms with Crippen LogP contribution in [0.25, 0.3) is 0 Å². The van der Waals surface area contributed by atoms with Gasteiger partial charge < -0.3 is 16.0 Å². The maximum Gasteiger partial charge on any atom is 0.242 e. The Bertz CT molecular complexity index is 568. The van der Waals surface area contributed by atoms with Crippen LogP contribution in [-0.4, -0.2) is 47.0 Å². The predicted molar refractivity (Wildman–Crippen MR) is 99.6 cm³/mol. The number of hydrogen-bond acceptors (Lipinski definition) is 3. The first-order chi connectivity index (χ1) is 11.3. The Morgan fingerprint density at radius 2 is 1.83 bits per heavy atom. The van der Waals surface area contributed by atoms with Crippen molar-refractivity contribution in [1.29, 1.82) is 0 Å². The first-order valence-electron chi connectivity index (χ1n) is 8.08. The predicted octanol–water partition coefficient (Wildman–Crippen LogP) is 1.26. The highest BCUT2D eigenvalue weighted by Crippen LogP contribution is 2.04. The van der Waals surface area contributed by atoms with Gasteiger partial charge in [-0.3, -0.25) is 9.00 Å². The maximum absolute atomic E-state index is 12.2. The van der Waals surface area contributed by atoms with Crippen LogP contribution in [0.1, 0.15) is 27.7 Å². The SMILES string of the molecule is CCNC(=NCC(=O)NC(C)(C)C)NCCS(=O)c1ccccc1. The van der Waals surface area contributed by atoms with E-state index in [1.807, 2.05) is 58.0 Å². The summed E-state index contributed by atoms with van der Waals surface area (Å²) in [4.78, 5) is 16.9. The molecule has 7 heteroatoms. The van der Waals surface area contributed by atoms with E-state index in [9.17, 15) is 9.00 Å². The molecule has 0 aliphatic heterocycles. The van der Waals surface area contributed by atoms with Gasteiger partial charge in [-0.1, -0.05) is 18.2 Å². The highest BCUT2D eigenvalue weighted by Gasteiger charge is 2.13. The number of guanidine groups is 1. The fraction of sp³-hybridized carbons (Fsp3) is 0.529. The molecule has 0 aliphatic carbocycles. The van der Waals surface area contributed by atoms with Crippen molar-refractivity contribution in [2.75, 3.05) is 25.4 Å². The minimum absolute atomic E-state index is 0.0500. The van der Waals surface area contributed by atoms with E-state index >= 15 is 0 Å². The molecule has 1 amide bonds. The van der Waals surface area contributed by atoms with E-state index < -0.39 is 10.8 Å². The van der Waals surface area contributed by atoms with Crippen molar-refractivity contribution in [3.05, 3.63) is 30.3 Å². The maximum atomic E-state index is 12.2. The standard InChI is InChI=1S/C17H28N4O2S/c1-5-18-16(20-13-15(22)21-17(2,3)4)19-11-12-24(23)14-9-7-6-8-10-14/h6-10H,5,11-13H2,1-4H3,(H,21,22)(H2,18,19,20). The van der Waals surface area contributed by atoms with Crippen LogP contribution in [0.15, 0.2) is 40.2 Å². The third-order valence-corrected chi connectivity index (χ3v) is 4.20. The molecule has 1 aromatic carbocycles. The number of aliphatic imine (C=N–C) groups is 1. The topological polar surface area (TPSA) is 82.6 Å². The number of nitrogens with zero attached hydrogens (tertiary/aromatic N) is 1. The Balaban J connectivity index is 2.46. The zero-order valence-corrected chi connectivity index (χ0v) is 15.7. The Morgan fingerprint density at radius 3 is 2.42 bits per heavy atom. The lowest BCUT2D eigenvalue weighted by Crippen LogP contribution is -2.43. The molecule has 0 aliphatic rings. The van der Waals surface area contributed by atoms with E-state index in [4.69, 9.17) is 0 Å².